The standard InChI is InChI=1S/C5H16N4O/c1-9-2-3(6)4(10)5(7)8/h3-5,9-10H,2,6-8H2,1H3. The van der Waals surface area contributed by atoms with Gasteiger partial charge >= 0.3 is 0 Å². The number of hydrogen-bond donors (Lipinski definition) is 5. The third-order valence-corrected chi connectivity index (χ3v) is 1.27. The van der Waals surface area contributed by atoms with Crippen molar-refractivity contribution in [2.75, 3.05) is 13.6 Å². The zero-order valence-electron chi connectivity index (χ0n) is 6.12. The van der Waals surface area contributed by atoms with E-state index in [0.717, 1.165) is 0 Å². The highest BCUT2D eigenvalue weighted by molar-refractivity contribution is 4.78. The van der Waals surface area contributed by atoms with Crippen molar-refractivity contribution in [1.82, 2.24) is 5.32 Å². The van der Waals surface area contributed by atoms with Crippen LogP contribution in [0.4, 0.5) is 0 Å². The molecule has 0 saturated carbocycles. The van der Waals surface area contributed by atoms with Crippen molar-refractivity contribution in [2.45, 2.75) is 18.3 Å². The summed E-state index contributed by atoms with van der Waals surface area (Å²) in [6.45, 7) is 0.506. The Morgan fingerprint density at radius 2 is 1.90 bits per heavy atom. The second-order valence-corrected chi connectivity index (χ2v) is 2.29. The molecule has 5 nitrogen and oxygen atoms in total. The van der Waals surface area contributed by atoms with Gasteiger partial charge in [0.2, 0.25) is 0 Å². The molecule has 0 aromatic carbocycles. The van der Waals surface area contributed by atoms with Gasteiger partial charge in [0.1, 0.15) is 0 Å². The minimum atomic E-state index is -0.840. The summed E-state index contributed by atoms with van der Waals surface area (Å²) in [5.74, 6) is 0. The van der Waals surface area contributed by atoms with Gasteiger partial charge in [-0.3, -0.25) is 0 Å². The van der Waals surface area contributed by atoms with Crippen molar-refractivity contribution < 1.29 is 5.11 Å². The van der Waals surface area contributed by atoms with Crippen LogP contribution in [0.15, 0.2) is 0 Å². The molecule has 0 rings (SSSR count). The van der Waals surface area contributed by atoms with Gasteiger partial charge in [0, 0.05) is 12.6 Å². The van der Waals surface area contributed by atoms with Gasteiger partial charge in [-0.2, -0.15) is 0 Å². The van der Waals surface area contributed by atoms with Crippen molar-refractivity contribution >= 4 is 0 Å². The zero-order valence-corrected chi connectivity index (χ0v) is 6.12. The smallest absolute Gasteiger partial charge is 0.0983 e. The average Bonchev–Trinajstić information content (AvgIpc) is 1.87. The largest absolute Gasteiger partial charge is 0.388 e. The predicted molar refractivity (Wildman–Crippen MR) is 40.1 cm³/mol. The number of aliphatic hydroxyl groups is 1. The Labute approximate surface area is 60.6 Å². The lowest BCUT2D eigenvalue weighted by molar-refractivity contribution is 0.118. The first-order valence-electron chi connectivity index (χ1n) is 3.19. The fourth-order valence-corrected chi connectivity index (χ4v) is 0.642. The van der Waals surface area contributed by atoms with Gasteiger partial charge in [-0.05, 0) is 7.05 Å². The van der Waals surface area contributed by atoms with E-state index < -0.39 is 18.3 Å². The summed E-state index contributed by atoms with van der Waals surface area (Å²) in [7, 11) is 1.74. The Morgan fingerprint density at radius 1 is 1.40 bits per heavy atom. The molecular formula is C5H16N4O. The highest BCUT2D eigenvalue weighted by atomic mass is 16.3. The first-order chi connectivity index (χ1) is 4.59. The molecule has 2 atom stereocenters. The maximum absolute atomic E-state index is 9.11. The third kappa shape index (κ3) is 3.09. The van der Waals surface area contributed by atoms with Crippen molar-refractivity contribution in [2.24, 2.45) is 17.2 Å². The molecule has 10 heavy (non-hydrogen) atoms. The highest BCUT2D eigenvalue weighted by Gasteiger charge is 2.17. The fourth-order valence-electron chi connectivity index (χ4n) is 0.642. The fraction of sp³-hybridized carbons (Fsp3) is 1.00. The van der Waals surface area contributed by atoms with E-state index in [2.05, 4.69) is 5.32 Å². The molecule has 0 heterocycles. The molecule has 0 aliphatic heterocycles. The monoisotopic (exact) mass is 148 g/mol. The summed E-state index contributed by atoms with van der Waals surface area (Å²) in [6.07, 6.45) is -1.60. The first-order valence-corrected chi connectivity index (χ1v) is 3.19. The molecule has 5 heteroatoms. The molecule has 0 amide bonds. The lowest BCUT2D eigenvalue weighted by atomic mass is 10.1. The van der Waals surface area contributed by atoms with Crippen LogP contribution >= 0.6 is 0 Å². The molecule has 0 spiro atoms. The second kappa shape index (κ2) is 4.59. The predicted octanol–water partition coefficient (Wildman–Crippen LogP) is -2.86. The third-order valence-electron chi connectivity index (χ3n) is 1.27. The van der Waals surface area contributed by atoms with Crippen LogP contribution < -0.4 is 22.5 Å². The Hall–Kier alpha value is -0.200. The van der Waals surface area contributed by atoms with Crippen LogP contribution in [0.2, 0.25) is 0 Å². The van der Waals surface area contributed by atoms with Crippen LogP contribution in [-0.2, 0) is 0 Å². The number of rotatable bonds is 4. The second-order valence-electron chi connectivity index (χ2n) is 2.29. The maximum Gasteiger partial charge on any atom is 0.0983 e. The van der Waals surface area contributed by atoms with Crippen molar-refractivity contribution in [3.05, 3.63) is 0 Å². The SMILES string of the molecule is CNCC(N)C(O)C(N)N. The minimum Gasteiger partial charge on any atom is -0.388 e. The molecule has 62 valence electrons. The van der Waals surface area contributed by atoms with Crippen LogP contribution in [0, 0.1) is 0 Å². The number of likely N-dealkylation sites (N-methyl/N-ethyl adjacent to an activating group) is 1. The van der Waals surface area contributed by atoms with Gasteiger partial charge in [0.25, 0.3) is 0 Å². The van der Waals surface area contributed by atoms with E-state index in [1.165, 1.54) is 0 Å². The molecule has 0 aromatic heterocycles. The molecule has 2 unspecified atom stereocenters. The summed E-state index contributed by atoms with van der Waals surface area (Å²) in [4.78, 5) is 0. The van der Waals surface area contributed by atoms with Crippen molar-refractivity contribution in [1.29, 1.82) is 0 Å². The molecular weight excluding hydrogens is 132 g/mol. The van der Waals surface area contributed by atoms with E-state index in [-0.39, 0.29) is 0 Å². The van der Waals surface area contributed by atoms with Gasteiger partial charge in [0.15, 0.2) is 0 Å². The van der Waals surface area contributed by atoms with Crippen LogP contribution in [-0.4, -0.2) is 37.0 Å². The number of nitrogens with two attached hydrogens (primary N) is 3. The molecule has 0 bridgehead atoms. The molecule has 0 aromatic rings. The zero-order chi connectivity index (χ0) is 8.15. The lowest BCUT2D eigenvalue weighted by Gasteiger charge is -2.20. The Bertz CT molecular complexity index is 87.7. The number of aliphatic hydroxyl groups excluding tert-OH is 1. The van der Waals surface area contributed by atoms with Crippen molar-refractivity contribution in [3.8, 4) is 0 Å². The van der Waals surface area contributed by atoms with Crippen molar-refractivity contribution in [3.63, 3.8) is 0 Å². The Kier molecular flexibility index (Phi) is 4.50. The average molecular weight is 148 g/mol. The van der Waals surface area contributed by atoms with Crippen LogP contribution in [0.3, 0.4) is 0 Å². The van der Waals surface area contributed by atoms with E-state index in [1.807, 2.05) is 0 Å². The number of nitrogens with one attached hydrogen (secondary N) is 1. The molecule has 0 radical (unpaired) electrons. The van der Waals surface area contributed by atoms with E-state index in [1.54, 1.807) is 7.05 Å². The van der Waals surface area contributed by atoms with E-state index in [4.69, 9.17) is 22.3 Å². The molecule has 0 saturated heterocycles. The summed E-state index contributed by atoms with van der Waals surface area (Å²) < 4.78 is 0. The van der Waals surface area contributed by atoms with Crippen LogP contribution in [0.5, 0.6) is 0 Å². The highest BCUT2D eigenvalue weighted by Crippen LogP contribution is 1.88. The topological polar surface area (TPSA) is 110 Å². The Morgan fingerprint density at radius 3 is 2.20 bits per heavy atom. The maximum atomic E-state index is 9.11. The lowest BCUT2D eigenvalue weighted by Crippen LogP contribution is -2.55. The Balaban J connectivity index is 3.58. The van der Waals surface area contributed by atoms with Gasteiger partial charge in [-0.25, -0.2) is 0 Å². The van der Waals surface area contributed by atoms with E-state index in [9.17, 15) is 0 Å². The first kappa shape index (κ1) is 9.80. The number of hydrogen-bond acceptors (Lipinski definition) is 5. The van der Waals surface area contributed by atoms with E-state index >= 15 is 0 Å². The molecule has 0 aliphatic rings. The quantitative estimate of drug-likeness (QED) is 0.275. The minimum absolute atomic E-state index is 0.398. The summed E-state index contributed by atoms with van der Waals surface area (Å²) in [5.41, 5.74) is 15.8. The molecule has 0 fully saturated rings. The van der Waals surface area contributed by atoms with Gasteiger partial charge in [-0.15, -0.1) is 0 Å². The molecule has 0 aliphatic carbocycles. The molecule has 8 N–H and O–H groups in total. The van der Waals surface area contributed by atoms with Gasteiger partial charge in [-0.1, -0.05) is 0 Å². The summed E-state index contributed by atoms with van der Waals surface area (Å²) in [6, 6.07) is -0.398. The summed E-state index contributed by atoms with van der Waals surface area (Å²) in [5, 5.41) is 11.9. The van der Waals surface area contributed by atoms with E-state index in [0.29, 0.717) is 6.54 Å². The van der Waals surface area contributed by atoms with Crippen LogP contribution in [0.1, 0.15) is 0 Å². The normalized spacial score (nSPS) is 17.4. The van der Waals surface area contributed by atoms with Gasteiger partial charge < -0.3 is 27.6 Å². The van der Waals surface area contributed by atoms with Crippen LogP contribution in [0.25, 0.3) is 0 Å². The summed E-state index contributed by atoms with van der Waals surface area (Å²) >= 11 is 0. The van der Waals surface area contributed by atoms with Gasteiger partial charge in [0.05, 0.1) is 12.3 Å².